The molecule has 4 aromatic rings. The molecule has 0 radical (unpaired) electrons. The lowest BCUT2D eigenvalue weighted by Crippen LogP contribution is -2.43. The maximum absolute atomic E-state index is 6.53. The molecule has 2 aromatic carbocycles. The summed E-state index contributed by atoms with van der Waals surface area (Å²) in [5.74, 6) is 1.62. The first-order valence-electron chi connectivity index (χ1n) is 11.2. The van der Waals surface area contributed by atoms with Gasteiger partial charge in [-0.3, -0.25) is 0 Å². The fourth-order valence-corrected chi connectivity index (χ4v) is 4.34. The summed E-state index contributed by atoms with van der Waals surface area (Å²) in [7, 11) is 3.26. The molecule has 0 aliphatic heterocycles. The van der Waals surface area contributed by atoms with Crippen LogP contribution in [-0.4, -0.2) is 37.3 Å². The van der Waals surface area contributed by atoms with Gasteiger partial charge in [0.05, 0.1) is 13.7 Å². The predicted octanol–water partition coefficient (Wildman–Crippen LogP) is 4.96. The monoisotopic (exact) mass is 444 g/mol. The molecule has 33 heavy (non-hydrogen) atoms. The topological polar surface area (TPSA) is 95.4 Å². The summed E-state index contributed by atoms with van der Waals surface area (Å²) >= 11 is 0. The van der Waals surface area contributed by atoms with Gasteiger partial charge in [-0.1, -0.05) is 54.6 Å². The fraction of sp³-hybridized carbons (Fsp3) is 0.308. The van der Waals surface area contributed by atoms with Crippen LogP contribution < -0.4 is 15.8 Å². The van der Waals surface area contributed by atoms with E-state index in [-0.39, 0.29) is 5.54 Å². The number of hydrogen-bond acceptors (Lipinski definition) is 7. The van der Waals surface area contributed by atoms with E-state index < -0.39 is 0 Å². The first-order chi connectivity index (χ1) is 16.1. The fourth-order valence-electron chi connectivity index (χ4n) is 4.34. The Bertz CT molecular complexity index is 1250. The van der Waals surface area contributed by atoms with Crippen LogP contribution >= 0.6 is 0 Å². The Morgan fingerprint density at radius 2 is 1.76 bits per heavy atom. The van der Waals surface area contributed by atoms with Gasteiger partial charge in [-0.05, 0) is 30.4 Å². The molecule has 2 aromatic heterocycles. The van der Waals surface area contributed by atoms with Crippen molar-refractivity contribution >= 4 is 17.0 Å². The Labute approximate surface area is 192 Å². The molecule has 0 atom stereocenters. The molecular weight excluding hydrogens is 416 g/mol. The van der Waals surface area contributed by atoms with Gasteiger partial charge in [0.25, 0.3) is 0 Å². The van der Waals surface area contributed by atoms with Gasteiger partial charge in [0.2, 0.25) is 17.5 Å². The second-order valence-corrected chi connectivity index (χ2v) is 8.42. The summed E-state index contributed by atoms with van der Waals surface area (Å²) in [4.78, 5) is 9.20. The second-order valence-electron chi connectivity index (χ2n) is 8.42. The van der Waals surface area contributed by atoms with Gasteiger partial charge in [0, 0.05) is 30.3 Å². The third-order valence-electron chi connectivity index (χ3n) is 6.33. The highest BCUT2D eigenvalue weighted by Gasteiger charge is 2.34. The van der Waals surface area contributed by atoms with Crippen molar-refractivity contribution in [1.82, 2.24) is 9.97 Å². The normalized spacial score (nSPS) is 14.8. The van der Waals surface area contributed by atoms with Crippen molar-refractivity contribution in [3.05, 3.63) is 60.2 Å². The van der Waals surface area contributed by atoms with Crippen LogP contribution in [0.3, 0.4) is 0 Å². The third kappa shape index (κ3) is 3.94. The molecule has 170 valence electrons. The van der Waals surface area contributed by atoms with Crippen molar-refractivity contribution in [1.29, 1.82) is 0 Å². The minimum Gasteiger partial charge on any atom is -0.480 e. The molecule has 0 bridgehead atoms. The largest absolute Gasteiger partial charge is 0.480 e. The van der Waals surface area contributed by atoms with Crippen molar-refractivity contribution in [3.8, 4) is 28.3 Å². The lowest BCUT2D eigenvalue weighted by atomic mass is 9.72. The molecule has 1 aliphatic carbocycles. The number of rotatable bonds is 8. The summed E-state index contributed by atoms with van der Waals surface area (Å²) in [5, 5.41) is 3.90. The molecule has 3 N–H and O–H groups in total. The number of fused-ring (bicyclic) bond motifs is 1. The second kappa shape index (κ2) is 8.84. The summed E-state index contributed by atoms with van der Waals surface area (Å²) in [5.41, 5.74) is 10.8. The number of methoxy groups -OCH3 is 2. The van der Waals surface area contributed by atoms with E-state index in [2.05, 4.69) is 51.7 Å². The predicted molar refractivity (Wildman–Crippen MR) is 129 cm³/mol. The quantitative estimate of drug-likeness (QED) is 0.371. The standard InChI is InChI=1S/C26H28N4O3/c1-31-16-15-28-25-29-23(32-2)21-20(17-7-4-3-5-8-17)22(33-24(21)30-25)18-9-11-19(12-10-18)26(27)13-6-14-26/h3-5,7-12H,6,13-16,27H2,1-2H3,(H,28,29,30). The Morgan fingerprint density at radius 3 is 2.39 bits per heavy atom. The van der Waals surface area contributed by atoms with Crippen molar-refractivity contribution in [2.75, 3.05) is 32.7 Å². The molecule has 5 rings (SSSR count). The highest BCUT2D eigenvalue weighted by Crippen LogP contribution is 2.45. The van der Waals surface area contributed by atoms with Crippen LogP contribution in [0.2, 0.25) is 0 Å². The smallest absolute Gasteiger partial charge is 0.236 e. The first kappa shape index (κ1) is 21.4. The van der Waals surface area contributed by atoms with Crippen LogP contribution in [0.1, 0.15) is 24.8 Å². The van der Waals surface area contributed by atoms with Crippen LogP contribution in [0.4, 0.5) is 5.95 Å². The molecule has 7 nitrogen and oxygen atoms in total. The van der Waals surface area contributed by atoms with E-state index in [0.717, 1.165) is 46.2 Å². The van der Waals surface area contributed by atoms with Crippen molar-refractivity contribution in [2.45, 2.75) is 24.8 Å². The summed E-state index contributed by atoms with van der Waals surface area (Å²) in [6.07, 6.45) is 3.23. The van der Waals surface area contributed by atoms with Gasteiger partial charge in [-0.2, -0.15) is 9.97 Å². The van der Waals surface area contributed by atoms with Gasteiger partial charge < -0.3 is 24.9 Å². The Balaban J connectivity index is 1.65. The third-order valence-corrected chi connectivity index (χ3v) is 6.33. The van der Waals surface area contributed by atoms with Crippen LogP contribution in [-0.2, 0) is 10.3 Å². The summed E-state index contributed by atoms with van der Waals surface area (Å²) < 4.78 is 17.1. The Morgan fingerprint density at radius 1 is 1.00 bits per heavy atom. The van der Waals surface area contributed by atoms with E-state index in [1.54, 1.807) is 14.2 Å². The van der Waals surface area contributed by atoms with Gasteiger partial charge >= 0.3 is 0 Å². The number of aromatic nitrogens is 2. The van der Waals surface area contributed by atoms with E-state index in [4.69, 9.17) is 19.6 Å². The summed E-state index contributed by atoms with van der Waals surface area (Å²) in [6.45, 7) is 1.12. The average molecular weight is 445 g/mol. The highest BCUT2D eigenvalue weighted by molar-refractivity contribution is 6.03. The molecule has 1 fully saturated rings. The molecule has 1 saturated carbocycles. The number of ether oxygens (including phenoxy) is 2. The number of nitrogens with one attached hydrogen (secondary N) is 1. The zero-order valence-corrected chi connectivity index (χ0v) is 18.9. The molecule has 2 heterocycles. The number of anilines is 1. The van der Waals surface area contributed by atoms with Crippen molar-refractivity contribution in [3.63, 3.8) is 0 Å². The number of furan rings is 1. The van der Waals surface area contributed by atoms with Gasteiger partial charge in [-0.15, -0.1) is 0 Å². The molecule has 1 aliphatic rings. The Kier molecular flexibility index (Phi) is 5.74. The molecular formula is C26H28N4O3. The minimum atomic E-state index is -0.202. The van der Waals surface area contributed by atoms with E-state index in [1.807, 2.05) is 18.2 Å². The lowest BCUT2D eigenvalue weighted by Gasteiger charge is -2.38. The van der Waals surface area contributed by atoms with Crippen LogP contribution in [0, 0.1) is 0 Å². The Hall–Kier alpha value is -3.42. The number of benzene rings is 2. The van der Waals surface area contributed by atoms with Crippen LogP contribution in [0.5, 0.6) is 5.88 Å². The van der Waals surface area contributed by atoms with Gasteiger partial charge in [-0.25, -0.2) is 0 Å². The van der Waals surface area contributed by atoms with E-state index in [1.165, 1.54) is 6.42 Å². The van der Waals surface area contributed by atoms with E-state index in [0.29, 0.717) is 30.7 Å². The summed E-state index contributed by atoms with van der Waals surface area (Å²) in [6, 6.07) is 18.5. The maximum Gasteiger partial charge on any atom is 0.236 e. The highest BCUT2D eigenvalue weighted by atomic mass is 16.5. The maximum atomic E-state index is 6.53. The minimum absolute atomic E-state index is 0.202. The molecule has 0 spiro atoms. The number of nitrogens with two attached hydrogens (primary N) is 1. The van der Waals surface area contributed by atoms with Crippen molar-refractivity contribution < 1.29 is 13.9 Å². The first-order valence-corrected chi connectivity index (χ1v) is 11.2. The zero-order chi connectivity index (χ0) is 22.8. The van der Waals surface area contributed by atoms with E-state index >= 15 is 0 Å². The van der Waals surface area contributed by atoms with Crippen LogP contribution in [0.15, 0.2) is 59.0 Å². The SMILES string of the molecule is COCCNc1nc(OC)c2c(-c3ccccc3)c(-c3ccc(C4(N)CCC4)cc3)oc2n1. The van der Waals surface area contributed by atoms with Crippen LogP contribution in [0.25, 0.3) is 33.6 Å². The number of nitrogens with zero attached hydrogens (tertiary/aromatic N) is 2. The zero-order valence-electron chi connectivity index (χ0n) is 18.9. The van der Waals surface area contributed by atoms with Gasteiger partial charge in [0.15, 0.2) is 0 Å². The molecule has 7 heteroatoms. The molecule has 0 saturated heterocycles. The molecule has 0 unspecified atom stereocenters. The van der Waals surface area contributed by atoms with Crippen molar-refractivity contribution in [2.24, 2.45) is 5.73 Å². The lowest BCUT2D eigenvalue weighted by molar-refractivity contribution is 0.210. The number of hydrogen-bond donors (Lipinski definition) is 2. The van der Waals surface area contributed by atoms with Gasteiger partial charge in [0.1, 0.15) is 11.1 Å². The average Bonchev–Trinajstić information content (AvgIpc) is 3.22. The molecule has 0 amide bonds. The van der Waals surface area contributed by atoms with E-state index in [9.17, 15) is 0 Å².